The maximum absolute atomic E-state index is 13.1. The molecule has 2 aliphatic rings. The van der Waals surface area contributed by atoms with Crippen LogP contribution >= 0.6 is 0 Å². The Kier molecular flexibility index (Phi) is 6.65. The molecule has 2 fully saturated rings. The van der Waals surface area contributed by atoms with Gasteiger partial charge in [0, 0.05) is 44.0 Å². The van der Waals surface area contributed by atoms with E-state index in [2.05, 4.69) is 47.9 Å². The summed E-state index contributed by atoms with van der Waals surface area (Å²) in [6, 6.07) is 8.31. The zero-order chi connectivity index (χ0) is 20.3. The van der Waals surface area contributed by atoms with E-state index < -0.39 is 9.84 Å². The number of amides is 1. The fourth-order valence-electron chi connectivity index (χ4n) is 4.34. The van der Waals surface area contributed by atoms with Gasteiger partial charge < -0.3 is 9.80 Å². The van der Waals surface area contributed by atoms with E-state index in [0.717, 1.165) is 32.6 Å². The first-order valence-corrected chi connectivity index (χ1v) is 12.2. The molecule has 28 heavy (non-hydrogen) atoms. The highest BCUT2D eigenvalue weighted by Gasteiger charge is 2.37. The molecule has 0 unspecified atom stereocenters. The number of anilines is 1. The number of sulfone groups is 1. The van der Waals surface area contributed by atoms with Crippen molar-refractivity contribution in [2.24, 2.45) is 0 Å². The van der Waals surface area contributed by atoms with Crippen LogP contribution in [0.3, 0.4) is 0 Å². The second kappa shape index (κ2) is 8.82. The molecule has 2 aliphatic heterocycles. The van der Waals surface area contributed by atoms with Crippen LogP contribution in [0.5, 0.6) is 0 Å². The van der Waals surface area contributed by atoms with E-state index >= 15 is 0 Å². The lowest BCUT2D eigenvalue weighted by atomic mass is 10.1. The van der Waals surface area contributed by atoms with Gasteiger partial charge in [0.05, 0.1) is 18.1 Å². The number of aryl methyl sites for hydroxylation is 1. The Bertz CT molecular complexity index is 788. The molecule has 0 aliphatic carbocycles. The summed E-state index contributed by atoms with van der Waals surface area (Å²) in [5, 5.41) is 0. The minimum atomic E-state index is -3.01. The number of nitrogens with zero attached hydrogens (tertiary/aromatic N) is 3. The summed E-state index contributed by atoms with van der Waals surface area (Å²) in [7, 11) is -3.01. The molecule has 2 saturated heterocycles. The Morgan fingerprint density at radius 3 is 2.46 bits per heavy atom. The van der Waals surface area contributed by atoms with Crippen LogP contribution in [-0.4, -0.2) is 80.4 Å². The quantitative estimate of drug-likeness (QED) is 0.721. The van der Waals surface area contributed by atoms with E-state index in [0.29, 0.717) is 13.0 Å². The first-order chi connectivity index (χ1) is 13.3. The Labute approximate surface area is 169 Å². The Hall–Kier alpha value is -1.60. The molecule has 0 spiro atoms. The lowest BCUT2D eigenvalue weighted by Gasteiger charge is -2.39. The maximum atomic E-state index is 13.1. The fraction of sp³-hybridized carbons (Fsp3) is 0.667. The molecule has 1 aromatic carbocycles. The Morgan fingerprint density at radius 1 is 1.21 bits per heavy atom. The summed E-state index contributed by atoms with van der Waals surface area (Å²) < 4.78 is 23.8. The number of carbonyl (C=O) groups is 1. The van der Waals surface area contributed by atoms with Crippen molar-refractivity contribution in [3.05, 3.63) is 29.8 Å². The van der Waals surface area contributed by atoms with Crippen molar-refractivity contribution >= 4 is 21.4 Å². The molecule has 156 valence electrons. The zero-order valence-corrected chi connectivity index (χ0v) is 18.1. The number of para-hydroxylation sites is 1. The molecule has 0 bridgehead atoms. The van der Waals surface area contributed by atoms with Crippen LogP contribution in [0.2, 0.25) is 0 Å². The molecule has 1 aromatic rings. The second-order valence-electron chi connectivity index (χ2n) is 8.16. The molecule has 7 heteroatoms. The highest BCUT2D eigenvalue weighted by Crippen LogP contribution is 2.23. The second-order valence-corrected chi connectivity index (χ2v) is 10.4. The predicted octanol–water partition coefficient (Wildman–Crippen LogP) is 1.93. The molecule has 0 aromatic heterocycles. The summed E-state index contributed by atoms with van der Waals surface area (Å²) in [4.78, 5) is 19.5. The molecule has 6 nitrogen and oxygen atoms in total. The van der Waals surface area contributed by atoms with Crippen molar-refractivity contribution in [2.75, 3.05) is 49.1 Å². The topological polar surface area (TPSA) is 60.9 Å². The zero-order valence-electron chi connectivity index (χ0n) is 17.3. The number of benzene rings is 1. The van der Waals surface area contributed by atoms with Gasteiger partial charge in [-0.2, -0.15) is 0 Å². The third-order valence-electron chi connectivity index (χ3n) is 6.14. The first kappa shape index (κ1) is 21.1. The molecule has 0 N–H and O–H groups in total. The fourth-order valence-corrected chi connectivity index (χ4v) is 6.05. The molecule has 2 atom stereocenters. The van der Waals surface area contributed by atoms with E-state index in [9.17, 15) is 13.2 Å². The lowest BCUT2D eigenvalue weighted by molar-refractivity contribution is -0.136. The van der Waals surface area contributed by atoms with E-state index in [4.69, 9.17) is 0 Å². The normalized spacial score (nSPS) is 23.5. The number of piperazine rings is 1. The molecular weight excluding hydrogens is 374 g/mol. The number of hydrogen-bond donors (Lipinski definition) is 0. The SMILES string of the molecule is CC[C@H](C)N(C(=O)CN1CCN(c2ccccc2C)CC1)[C@@H]1CCS(=O)(=O)C1. The van der Waals surface area contributed by atoms with Gasteiger partial charge >= 0.3 is 0 Å². The Balaban J connectivity index is 1.59. The average Bonchev–Trinajstić information content (AvgIpc) is 3.02. The van der Waals surface area contributed by atoms with Gasteiger partial charge in [0.1, 0.15) is 0 Å². The van der Waals surface area contributed by atoms with Crippen LogP contribution in [0.25, 0.3) is 0 Å². The highest BCUT2D eigenvalue weighted by molar-refractivity contribution is 7.91. The van der Waals surface area contributed by atoms with E-state index in [1.807, 2.05) is 11.8 Å². The van der Waals surface area contributed by atoms with Gasteiger partial charge in [-0.3, -0.25) is 9.69 Å². The summed E-state index contributed by atoms with van der Waals surface area (Å²) >= 11 is 0. The minimum Gasteiger partial charge on any atom is -0.369 e. The van der Waals surface area contributed by atoms with Crippen molar-refractivity contribution < 1.29 is 13.2 Å². The number of rotatable bonds is 6. The Morgan fingerprint density at radius 2 is 1.89 bits per heavy atom. The van der Waals surface area contributed by atoms with E-state index in [-0.39, 0.29) is 29.5 Å². The lowest BCUT2D eigenvalue weighted by Crippen LogP contribution is -2.53. The van der Waals surface area contributed by atoms with Crippen molar-refractivity contribution in [1.82, 2.24) is 9.80 Å². The largest absolute Gasteiger partial charge is 0.369 e. The maximum Gasteiger partial charge on any atom is 0.237 e. The monoisotopic (exact) mass is 407 g/mol. The van der Waals surface area contributed by atoms with Crippen molar-refractivity contribution in [1.29, 1.82) is 0 Å². The minimum absolute atomic E-state index is 0.0686. The van der Waals surface area contributed by atoms with Crippen molar-refractivity contribution in [3.8, 4) is 0 Å². The predicted molar refractivity (Wildman–Crippen MR) is 113 cm³/mol. The molecule has 2 heterocycles. The summed E-state index contributed by atoms with van der Waals surface area (Å²) in [5.74, 6) is 0.387. The molecule has 3 rings (SSSR count). The molecular formula is C21H33N3O3S. The summed E-state index contributed by atoms with van der Waals surface area (Å²) in [6.45, 7) is 10.1. The van der Waals surface area contributed by atoms with Gasteiger partial charge in [-0.15, -0.1) is 0 Å². The highest BCUT2D eigenvalue weighted by atomic mass is 32.2. The number of carbonyl (C=O) groups excluding carboxylic acids is 1. The van der Waals surface area contributed by atoms with Crippen LogP contribution in [0, 0.1) is 6.92 Å². The molecule has 1 amide bonds. The van der Waals surface area contributed by atoms with Gasteiger partial charge in [-0.05, 0) is 38.3 Å². The van der Waals surface area contributed by atoms with Gasteiger partial charge in [0.2, 0.25) is 5.91 Å². The standard InChI is InChI=1S/C21H33N3O3S/c1-4-18(3)24(19-9-14-28(26,27)16-19)21(25)15-22-10-12-23(13-11-22)20-8-6-5-7-17(20)2/h5-8,18-19H,4,9-16H2,1-3H3/t18-,19+/m0/s1. The van der Waals surface area contributed by atoms with Crippen LogP contribution in [0.1, 0.15) is 32.3 Å². The number of hydrogen-bond acceptors (Lipinski definition) is 5. The van der Waals surface area contributed by atoms with E-state index in [1.165, 1.54) is 11.3 Å². The summed E-state index contributed by atoms with van der Waals surface area (Å²) in [5.41, 5.74) is 2.54. The van der Waals surface area contributed by atoms with Crippen LogP contribution in [-0.2, 0) is 14.6 Å². The van der Waals surface area contributed by atoms with Crippen molar-refractivity contribution in [2.45, 2.75) is 45.7 Å². The average molecular weight is 408 g/mol. The summed E-state index contributed by atoms with van der Waals surface area (Å²) in [6.07, 6.45) is 1.41. The van der Waals surface area contributed by atoms with Crippen LogP contribution < -0.4 is 4.90 Å². The first-order valence-electron chi connectivity index (χ1n) is 10.3. The van der Waals surface area contributed by atoms with E-state index in [1.54, 1.807) is 0 Å². The van der Waals surface area contributed by atoms with Gasteiger partial charge in [-0.25, -0.2) is 8.42 Å². The van der Waals surface area contributed by atoms with Gasteiger partial charge in [0.15, 0.2) is 9.84 Å². The van der Waals surface area contributed by atoms with Gasteiger partial charge in [0.25, 0.3) is 0 Å². The van der Waals surface area contributed by atoms with Crippen molar-refractivity contribution in [3.63, 3.8) is 0 Å². The van der Waals surface area contributed by atoms with Gasteiger partial charge in [-0.1, -0.05) is 25.1 Å². The third-order valence-corrected chi connectivity index (χ3v) is 7.89. The molecule has 0 saturated carbocycles. The smallest absolute Gasteiger partial charge is 0.237 e. The molecule has 0 radical (unpaired) electrons. The van der Waals surface area contributed by atoms with Crippen LogP contribution in [0.15, 0.2) is 24.3 Å². The van der Waals surface area contributed by atoms with Crippen LogP contribution in [0.4, 0.5) is 5.69 Å². The third kappa shape index (κ3) is 4.87.